The molecule has 0 bridgehead atoms. The monoisotopic (exact) mass is 324 g/mol. The predicted molar refractivity (Wildman–Crippen MR) is 66.6 cm³/mol. The molecule has 0 spiro atoms. The highest BCUT2D eigenvalue weighted by Gasteiger charge is 2.51. The zero-order valence-corrected chi connectivity index (χ0v) is 12.1. The molecule has 0 heterocycles. The fourth-order valence-electron chi connectivity index (χ4n) is 1.38. The summed E-state index contributed by atoms with van der Waals surface area (Å²) >= 11 is 23.3. The quantitative estimate of drug-likeness (QED) is 0.748. The minimum Gasteiger partial charge on any atom is -0.285 e. The lowest BCUT2D eigenvalue weighted by molar-refractivity contribution is 0.420. The SMILES string of the molecule is CC1C(Cl)=C(Cl)C(Cl)=C(Cl)C1(C)S(=O)(=O)O. The Bertz CT molecular complexity index is 493. The molecular weight excluding hydrogens is 318 g/mol. The average molecular weight is 326 g/mol. The maximum Gasteiger partial charge on any atom is 0.276 e. The van der Waals surface area contributed by atoms with Gasteiger partial charge in [0.15, 0.2) is 0 Å². The zero-order chi connectivity index (χ0) is 12.9. The molecule has 1 N–H and O–H groups in total. The maximum absolute atomic E-state index is 11.4. The van der Waals surface area contributed by atoms with E-state index in [9.17, 15) is 13.0 Å². The van der Waals surface area contributed by atoms with Crippen molar-refractivity contribution in [3.63, 3.8) is 0 Å². The van der Waals surface area contributed by atoms with Crippen LogP contribution in [0.2, 0.25) is 0 Å². The van der Waals surface area contributed by atoms with Crippen molar-refractivity contribution in [2.75, 3.05) is 0 Å². The van der Waals surface area contributed by atoms with E-state index in [1.54, 1.807) is 0 Å². The van der Waals surface area contributed by atoms with Crippen LogP contribution < -0.4 is 0 Å². The summed E-state index contributed by atoms with van der Waals surface area (Å²) in [6.45, 7) is 2.73. The molecule has 92 valence electrons. The van der Waals surface area contributed by atoms with Gasteiger partial charge in [0, 0.05) is 11.0 Å². The first-order valence-corrected chi connectivity index (χ1v) is 7.08. The topological polar surface area (TPSA) is 54.4 Å². The maximum atomic E-state index is 11.4. The molecule has 3 nitrogen and oxygen atoms in total. The van der Waals surface area contributed by atoms with Crippen molar-refractivity contribution in [1.82, 2.24) is 0 Å². The van der Waals surface area contributed by atoms with Crippen LogP contribution in [-0.2, 0) is 10.1 Å². The molecule has 8 heteroatoms. The lowest BCUT2D eigenvalue weighted by atomic mass is 9.90. The molecule has 0 aromatic carbocycles. The van der Waals surface area contributed by atoms with Gasteiger partial charge in [-0.2, -0.15) is 8.42 Å². The van der Waals surface area contributed by atoms with E-state index >= 15 is 0 Å². The van der Waals surface area contributed by atoms with Crippen LogP contribution in [0.15, 0.2) is 20.1 Å². The molecule has 0 radical (unpaired) electrons. The summed E-state index contributed by atoms with van der Waals surface area (Å²) in [7, 11) is -4.46. The Labute approximate surface area is 114 Å². The van der Waals surface area contributed by atoms with E-state index in [0.29, 0.717) is 0 Å². The van der Waals surface area contributed by atoms with Gasteiger partial charge in [0.05, 0.1) is 15.1 Å². The van der Waals surface area contributed by atoms with Gasteiger partial charge in [-0.05, 0) is 6.92 Å². The number of rotatable bonds is 1. The standard InChI is InChI=1S/C8H8Cl4O3S/c1-3-4(9)5(10)6(11)7(12)8(3,2)16(13,14)15/h3H,1-2H3,(H,13,14,15). The lowest BCUT2D eigenvalue weighted by Crippen LogP contribution is -2.44. The summed E-state index contributed by atoms with van der Waals surface area (Å²) in [5.74, 6) is -0.785. The largest absolute Gasteiger partial charge is 0.285 e. The third-order valence-corrected chi connectivity index (χ3v) is 6.67. The molecule has 0 aromatic heterocycles. The van der Waals surface area contributed by atoms with E-state index in [1.165, 1.54) is 13.8 Å². The zero-order valence-electron chi connectivity index (χ0n) is 8.26. The van der Waals surface area contributed by atoms with Gasteiger partial charge in [-0.25, -0.2) is 0 Å². The second-order valence-electron chi connectivity index (χ2n) is 3.59. The summed E-state index contributed by atoms with van der Waals surface area (Å²) < 4.78 is 30.2. The Morgan fingerprint density at radius 1 is 1.19 bits per heavy atom. The van der Waals surface area contributed by atoms with E-state index in [0.717, 1.165) is 0 Å². The lowest BCUT2D eigenvalue weighted by Gasteiger charge is -2.36. The normalized spacial score (nSPS) is 32.3. The first-order chi connectivity index (χ1) is 7.05. The van der Waals surface area contributed by atoms with Crippen molar-refractivity contribution in [2.24, 2.45) is 5.92 Å². The van der Waals surface area contributed by atoms with Gasteiger partial charge in [-0.1, -0.05) is 53.3 Å². The van der Waals surface area contributed by atoms with E-state index < -0.39 is 20.8 Å². The summed E-state index contributed by atoms with van der Waals surface area (Å²) in [6.07, 6.45) is 0. The molecule has 1 aliphatic carbocycles. The summed E-state index contributed by atoms with van der Waals surface area (Å²) in [4.78, 5) is 0. The molecule has 2 unspecified atom stereocenters. The van der Waals surface area contributed by atoms with E-state index in [1.807, 2.05) is 0 Å². The highest BCUT2D eigenvalue weighted by molar-refractivity contribution is 7.87. The van der Waals surface area contributed by atoms with E-state index in [2.05, 4.69) is 0 Å². The number of hydrogen-bond acceptors (Lipinski definition) is 2. The van der Waals surface area contributed by atoms with Crippen LogP contribution >= 0.6 is 46.4 Å². The van der Waals surface area contributed by atoms with Gasteiger partial charge >= 0.3 is 0 Å². The van der Waals surface area contributed by atoms with Crippen molar-refractivity contribution in [2.45, 2.75) is 18.6 Å². The Morgan fingerprint density at radius 2 is 1.62 bits per heavy atom. The first-order valence-electron chi connectivity index (χ1n) is 4.13. The molecule has 0 amide bonds. The van der Waals surface area contributed by atoms with Crippen LogP contribution in [-0.4, -0.2) is 17.7 Å². The molecule has 16 heavy (non-hydrogen) atoms. The van der Waals surface area contributed by atoms with E-state index in [-0.39, 0.29) is 20.1 Å². The van der Waals surface area contributed by atoms with E-state index in [4.69, 9.17) is 46.4 Å². The van der Waals surface area contributed by atoms with Gasteiger partial charge in [0.1, 0.15) is 4.75 Å². The summed E-state index contributed by atoms with van der Waals surface area (Å²) in [5, 5.41) is -0.344. The predicted octanol–water partition coefficient (Wildman–Crippen LogP) is 3.66. The minimum atomic E-state index is -4.46. The van der Waals surface area contributed by atoms with Gasteiger partial charge in [-0.3, -0.25) is 4.55 Å². The fraction of sp³-hybridized carbons (Fsp3) is 0.500. The summed E-state index contributed by atoms with van der Waals surface area (Å²) in [6, 6.07) is 0. The van der Waals surface area contributed by atoms with Gasteiger partial charge in [-0.15, -0.1) is 0 Å². The van der Waals surface area contributed by atoms with Crippen molar-refractivity contribution < 1.29 is 13.0 Å². The van der Waals surface area contributed by atoms with Crippen molar-refractivity contribution in [1.29, 1.82) is 0 Å². The van der Waals surface area contributed by atoms with Crippen molar-refractivity contribution >= 4 is 56.5 Å². The molecule has 0 saturated heterocycles. The molecule has 0 fully saturated rings. The molecule has 0 saturated carbocycles. The van der Waals surface area contributed by atoms with Gasteiger partial charge in [0.25, 0.3) is 10.1 Å². The third-order valence-electron chi connectivity index (χ3n) is 2.77. The molecule has 1 aliphatic rings. The number of hydrogen-bond donors (Lipinski definition) is 1. The van der Waals surface area contributed by atoms with Gasteiger partial charge in [0.2, 0.25) is 0 Å². The third kappa shape index (κ3) is 1.89. The minimum absolute atomic E-state index is 0.00181. The Balaban J connectivity index is 3.61. The second kappa shape index (κ2) is 4.34. The molecule has 0 aromatic rings. The van der Waals surface area contributed by atoms with Crippen LogP contribution in [0.1, 0.15) is 13.8 Å². The van der Waals surface area contributed by atoms with Gasteiger partial charge < -0.3 is 0 Å². The van der Waals surface area contributed by atoms with Crippen LogP contribution in [0.5, 0.6) is 0 Å². The number of allylic oxidation sites excluding steroid dienone is 3. The Morgan fingerprint density at radius 3 is 2.00 bits per heavy atom. The van der Waals surface area contributed by atoms with Crippen LogP contribution in [0.3, 0.4) is 0 Å². The van der Waals surface area contributed by atoms with Crippen LogP contribution in [0.25, 0.3) is 0 Å². The first kappa shape index (κ1) is 14.6. The highest BCUT2D eigenvalue weighted by Crippen LogP contribution is 2.50. The summed E-state index contributed by atoms with van der Waals surface area (Å²) in [5.41, 5.74) is 0. The van der Waals surface area contributed by atoms with Crippen molar-refractivity contribution in [3.05, 3.63) is 20.1 Å². The highest BCUT2D eigenvalue weighted by atomic mass is 35.5. The molecule has 0 aliphatic heterocycles. The molecule has 1 rings (SSSR count). The average Bonchev–Trinajstić information content (AvgIpc) is 2.19. The molecule has 2 atom stereocenters. The Hall–Kier alpha value is 0.550. The second-order valence-corrected chi connectivity index (χ2v) is 6.93. The fourth-order valence-corrected chi connectivity index (χ4v) is 3.91. The van der Waals surface area contributed by atoms with Crippen LogP contribution in [0, 0.1) is 5.92 Å². The Kier molecular flexibility index (Phi) is 3.96. The van der Waals surface area contributed by atoms with Crippen molar-refractivity contribution in [3.8, 4) is 0 Å². The number of halogens is 4. The van der Waals surface area contributed by atoms with Crippen LogP contribution in [0.4, 0.5) is 0 Å². The smallest absolute Gasteiger partial charge is 0.276 e. The molecular formula is C8H8Cl4O3S.